The van der Waals surface area contributed by atoms with Crippen LogP contribution in [-0.2, 0) is 11.3 Å². The second kappa shape index (κ2) is 8.32. The summed E-state index contributed by atoms with van der Waals surface area (Å²) in [5.74, 6) is 0.124. The zero-order chi connectivity index (χ0) is 17.5. The average Bonchev–Trinajstić information content (AvgIpc) is 3.29. The number of carbonyl (C=O) groups is 1. The van der Waals surface area contributed by atoms with Gasteiger partial charge in [-0.15, -0.1) is 10.2 Å². The van der Waals surface area contributed by atoms with Gasteiger partial charge in [0.25, 0.3) is 0 Å². The SMILES string of the molecule is N#CC1(NC(=O)CSc2nnc(NCc3ccccc3)s2)CCCC1. The number of nitriles is 1. The summed E-state index contributed by atoms with van der Waals surface area (Å²) in [4.78, 5) is 12.1. The van der Waals surface area contributed by atoms with Crippen LogP contribution in [0.5, 0.6) is 0 Å². The fourth-order valence-corrected chi connectivity index (χ4v) is 4.33. The molecule has 1 aromatic heterocycles. The Morgan fingerprint density at radius 1 is 1.28 bits per heavy atom. The van der Waals surface area contributed by atoms with Crippen molar-refractivity contribution in [2.24, 2.45) is 0 Å². The van der Waals surface area contributed by atoms with E-state index in [1.807, 2.05) is 30.3 Å². The van der Waals surface area contributed by atoms with Crippen LogP contribution in [0.4, 0.5) is 5.13 Å². The molecule has 25 heavy (non-hydrogen) atoms. The molecule has 0 spiro atoms. The number of aromatic nitrogens is 2. The molecule has 1 heterocycles. The third-order valence-corrected chi connectivity index (χ3v) is 6.08. The predicted octanol–water partition coefficient (Wildman–Crippen LogP) is 3.19. The fourth-order valence-electron chi connectivity index (χ4n) is 2.79. The molecule has 1 saturated carbocycles. The van der Waals surface area contributed by atoms with Crippen molar-refractivity contribution in [1.29, 1.82) is 5.26 Å². The molecular weight excluding hydrogens is 354 g/mol. The zero-order valence-electron chi connectivity index (χ0n) is 13.7. The van der Waals surface area contributed by atoms with Gasteiger partial charge in [-0.25, -0.2) is 0 Å². The number of hydrogen-bond donors (Lipinski definition) is 2. The lowest BCUT2D eigenvalue weighted by Gasteiger charge is -2.21. The highest BCUT2D eigenvalue weighted by molar-refractivity contribution is 8.01. The highest BCUT2D eigenvalue weighted by atomic mass is 32.2. The van der Waals surface area contributed by atoms with E-state index >= 15 is 0 Å². The number of amides is 1. The maximum atomic E-state index is 12.1. The minimum atomic E-state index is -0.666. The molecule has 1 amide bonds. The molecule has 0 radical (unpaired) electrons. The first-order valence-corrected chi connectivity index (χ1v) is 9.96. The molecule has 0 unspecified atom stereocenters. The van der Waals surface area contributed by atoms with Gasteiger partial charge in [-0.3, -0.25) is 4.79 Å². The van der Waals surface area contributed by atoms with Crippen molar-refractivity contribution in [2.75, 3.05) is 11.1 Å². The maximum absolute atomic E-state index is 12.1. The number of nitrogens with one attached hydrogen (secondary N) is 2. The lowest BCUT2D eigenvalue weighted by molar-refractivity contribution is -0.119. The summed E-state index contributed by atoms with van der Waals surface area (Å²) in [5, 5.41) is 24.3. The molecule has 1 aromatic carbocycles. The molecular formula is C17H19N5OS2. The second-order valence-corrected chi connectivity index (χ2v) is 8.15. The Hall–Kier alpha value is -2.11. The minimum Gasteiger partial charge on any atom is -0.356 e. The molecule has 8 heteroatoms. The molecule has 6 nitrogen and oxygen atoms in total. The largest absolute Gasteiger partial charge is 0.356 e. The zero-order valence-corrected chi connectivity index (χ0v) is 15.3. The standard InChI is InChI=1S/C17H19N5OS2/c18-12-17(8-4-5-9-17)20-14(23)11-24-16-22-21-15(25-16)19-10-13-6-2-1-3-7-13/h1-3,6-7H,4-5,8-11H2,(H,19,21)(H,20,23). The van der Waals surface area contributed by atoms with Crippen LogP contribution in [0.2, 0.25) is 0 Å². The third-order valence-electron chi connectivity index (χ3n) is 4.07. The van der Waals surface area contributed by atoms with Gasteiger partial charge in [0.1, 0.15) is 5.54 Å². The van der Waals surface area contributed by atoms with Crippen LogP contribution in [-0.4, -0.2) is 27.4 Å². The maximum Gasteiger partial charge on any atom is 0.231 e. The average molecular weight is 374 g/mol. The van der Waals surface area contributed by atoms with Crippen LogP contribution in [0.25, 0.3) is 0 Å². The van der Waals surface area contributed by atoms with Crippen LogP contribution in [0.3, 0.4) is 0 Å². The number of thioether (sulfide) groups is 1. The van der Waals surface area contributed by atoms with E-state index in [9.17, 15) is 10.1 Å². The van der Waals surface area contributed by atoms with Gasteiger partial charge in [0, 0.05) is 6.54 Å². The Morgan fingerprint density at radius 2 is 2.04 bits per heavy atom. The lowest BCUT2D eigenvalue weighted by atomic mass is 10.0. The van der Waals surface area contributed by atoms with E-state index in [1.54, 1.807) is 0 Å². The first-order valence-electron chi connectivity index (χ1n) is 8.15. The van der Waals surface area contributed by atoms with Crippen molar-refractivity contribution in [3.8, 4) is 6.07 Å². The number of carbonyl (C=O) groups excluding carboxylic acids is 1. The molecule has 0 bridgehead atoms. The van der Waals surface area contributed by atoms with Crippen LogP contribution in [0.15, 0.2) is 34.7 Å². The second-order valence-electron chi connectivity index (χ2n) is 5.95. The van der Waals surface area contributed by atoms with E-state index < -0.39 is 5.54 Å². The summed E-state index contributed by atoms with van der Waals surface area (Å²) in [6.07, 6.45) is 3.47. The predicted molar refractivity (Wildman–Crippen MR) is 99.4 cm³/mol. The number of benzene rings is 1. The van der Waals surface area contributed by atoms with Crippen molar-refractivity contribution >= 4 is 34.1 Å². The van der Waals surface area contributed by atoms with Gasteiger partial charge >= 0.3 is 0 Å². The molecule has 2 aromatic rings. The van der Waals surface area contributed by atoms with Crippen LogP contribution in [0, 0.1) is 11.3 Å². The van der Waals surface area contributed by atoms with Crippen molar-refractivity contribution in [2.45, 2.75) is 42.1 Å². The number of nitrogens with zero attached hydrogens (tertiary/aromatic N) is 3. The van der Waals surface area contributed by atoms with Crippen molar-refractivity contribution in [3.63, 3.8) is 0 Å². The lowest BCUT2D eigenvalue weighted by Crippen LogP contribution is -2.45. The normalized spacial score (nSPS) is 15.5. The molecule has 1 aliphatic rings. The van der Waals surface area contributed by atoms with Crippen molar-refractivity contribution < 1.29 is 4.79 Å². The Morgan fingerprint density at radius 3 is 2.76 bits per heavy atom. The van der Waals surface area contributed by atoms with Gasteiger partial charge in [-0.1, -0.05) is 53.4 Å². The van der Waals surface area contributed by atoms with E-state index in [0.29, 0.717) is 6.54 Å². The van der Waals surface area contributed by atoms with E-state index in [2.05, 4.69) is 26.9 Å². The third kappa shape index (κ3) is 4.94. The fraction of sp³-hybridized carbons (Fsp3) is 0.412. The van der Waals surface area contributed by atoms with E-state index in [4.69, 9.17) is 0 Å². The number of hydrogen-bond acceptors (Lipinski definition) is 7. The summed E-state index contributed by atoms with van der Waals surface area (Å²) < 4.78 is 0.739. The summed E-state index contributed by atoms with van der Waals surface area (Å²) in [7, 11) is 0. The summed E-state index contributed by atoms with van der Waals surface area (Å²) >= 11 is 2.77. The first-order chi connectivity index (χ1) is 12.2. The van der Waals surface area contributed by atoms with Crippen LogP contribution >= 0.6 is 23.1 Å². The minimum absolute atomic E-state index is 0.123. The van der Waals surface area contributed by atoms with Crippen molar-refractivity contribution in [1.82, 2.24) is 15.5 Å². The van der Waals surface area contributed by atoms with Gasteiger partial charge in [0.15, 0.2) is 4.34 Å². The number of anilines is 1. The van der Waals surface area contributed by atoms with E-state index in [0.717, 1.165) is 35.2 Å². The summed E-state index contributed by atoms with van der Waals surface area (Å²) in [5.41, 5.74) is 0.505. The summed E-state index contributed by atoms with van der Waals surface area (Å²) in [6.45, 7) is 0.686. The van der Waals surface area contributed by atoms with Gasteiger partial charge in [0.2, 0.25) is 11.0 Å². The Kier molecular flexibility index (Phi) is 5.89. The molecule has 3 rings (SSSR count). The van der Waals surface area contributed by atoms with E-state index in [-0.39, 0.29) is 11.7 Å². The molecule has 0 atom stereocenters. The van der Waals surface area contributed by atoms with Crippen LogP contribution < -0.4 is 10.6 Å². The van der Waals surface area contributed by atoms with Gasteiger partial charge in [0.05, 0.1) is 11.8 Å². The highest BCUT2D eigenvalue weighted by Crippen LogP contribution is 2.30. The van der Waals surface area contributed by atoms with Gasteiger partial charge in [-0.2, -0.15) is 5.26 Å². The molecule has 1 aliphatic carbocycles. The first kappa shape index (κ1) is 17.7. The molecule has 0 aliphatic heterocycles. The quantitative estimate of drug-likeness (QED) is 0.724. The topological polar surface area (TPSA) is 90.7 Å². The molecule has 130 valence electrons. The van der Waals surface area contributed by atoms with E-state index in [1.165, 1.54) is 28.7 Å². The molecule has 2 N–H and O–H groups in total. The number of rotatable bonds is 7. The van der Waals surface area contributed by atoms with Crippen LogP contribution in [0.1, 0.15) is 31.2 Å². The van der Waals surface area contributed by atoms with Gasteiger partial charge in [-0.05, 0) is 31.2 Å². The Labute approximate surface area is 155 Å². The van der Waals surface area contributed by atoms with Crippen molar-refractivity contribution in [3.05, 3.63) is 35.9 Å². The summed E-state index contributed by atoms with van der Waals surface area (Å²) in [6, 6.07) is 12.3. The Balaban J connectivity index is 1.45. The smallest absolute Gasteiger partial charge is 0.231 e. The molecule has 0 saturated heterocycles. The molecule has 1 fully saturated rings. The monoisotopic (exact) mass is 373 g/mol. The highest BCUT2D eigenvalue weighted by Gasteiger charge is 2.35. The Bertz CT molecular complexity index is 750. The van der Waals surface area contributed by atoms with Gasteiger partial charge < -0.3 is 10.6 Å².